The number of methoxy groups -OCH3 is 2. The molecule has 6 heteroatoms. The SMILES string of the molecule is COc1ccc(C(Br)c2sccc2Cl)c(OC)c1Br. The van der Waals surface area contributed by atoms with E-state index in [1.807, 2.05) is 23.6 Å². The molecule has 0 aliphatic rings. The normalized spacial score (nSPS) is 12.3. The van der Waals surface area contributed by atoms with Crippen molar-refractivity contribution in [3.63, 3.8) is 0 Å². The van der Waals surface area contributed by atoms with Crippen molar-refractivity contribution in [2.75, 3.05) is 14.2 Å². The van der Waals surface area contributed by atoms with Crippen LogP contribution in [0.1, 0.15) is 15.3 Å². The molecule has 0 aliphatic carbocycles. The molecular formula is C13H11Br2ClO2S. The predicted molar refractivity (Wildman–Crippen MR) is 87.3 cm³/mol. The van der Waals surface area contributed by atoms with E-state index in [1.165, 1.54) is 0 Å². The number of hydrogen-bond acceptors (Lipinski definition) is 3. The van der Waals surface area contributed by atoms with Crippen LogP contribution < -0.4 is 9.47 Å². The largest absolute Gasteiger partial charge is 0.495 e. The molecule has 0 spiro atoms. The Labute approximate surface area is 137 Å². The van der Waals surface area contributed by atoms with Crippen LogP contribution in [0.25, 0.3) is 0 Å². The number of rotatable bonds is 4. The van der Waals surface area contributed by atoms with Crippen molar-refractivity contribution in [3.05, 3.63) is 43.5 Å². The van der Waals surface area contributed by atoms with Gasteiger partial charge in [0.05, 0.1) is 24.1 Å². The third kappa shape index (κ3) is 2.94. The second-order valence-electron chi connectivity index (χ2n) is 3.70. The van der Waals surface area contributed by atoms with Gasteiger partial charge in [0, 0.05) is 10.4 Å². The second kappa shape index (κ2) is 6.48. The summed E-state index contributed by atoms with van der Waals surface area (Å²) in [4.78, 5) is 1.04. The second-order valence-corrected chi connectivity index (χ2v) is 6.76. The highest BCUT2D eigenvalue weighted by Gasteiger charge is 2.22. The first-order valence-corrected chi connectivity index (χ1v) is 8.34. The Morgan fingerprint density at radius 1 is 1.21 bits per heavy atom. The molecule has 0 bridgehead atoms. The molecule has 2 rings (SSSR count). The van der Waals surface area contributed by atoms with Crippen molar-refractivity contribution < 1.29 is 9.47 Å². The lowest BCUT2D eigenvalue weighted by molar-refractivity contribution is 0.387. The van der Waals surface area contributed by atoms with Crippen LogP contribution >= 0.6 is 54.8 Å². The van der Waals surface area contributed by atoms with Crippen molar-refractivity contribution in [1.29, 1.82) is 0 Å². The summed E-state index contributed by atoms with van der Waals surface area (Å²) in [6, 6.07) is 5.76. The third-order valence-electron chi connectivity index (χ3n) is 2.66. The Morgan fingerprint density at radius 2 is 1.95 bits per heavy atom. The van der Waals surface area contributed by atoms with Crippen molar-refractivity contribution >= 4 is 54.8 Å². The lowest BCUT2D eigenvalue weighted by Crippen LogP contribution is -1.98. The van der Waals surface area contributed by atoms with Crippen molar-refractivity contribution in [1.82, 2.24) is 0 Å². The van der Waals surface area contributed by atoms with Crippen molar-refractivity contribution in [2.24, 2.45) is 0 Å². The molecule has 2 nitrogen and oxygen atoms in total. The number of alkyl halides is 1. The van der Waals surface area contributed by atoms with Gasteiger partial charge in [-0.1, -0.05) is 33.6 Å². The topological polar surface area (TPSA) is 18.5 Å². The van der Waals surface area contributed by atoms with Gasteiger partial charge in [0.25, 0.3) is 0 Å². The molecule has 1 aromatic heterocycles. The molecule has 0 fully saturated rings. The molecule has 102 valence electrons. The van der Waals surface area contributed by atoms with Crippen LogP contribution in [0, 0.1) is 0 Å². The van der Waals surface area contributed by atoms with E-state index < -0.39 is 0 Å². The molecule has 1 heterocycles. The molecule has 1 aromatic carbocycles. The quantitative estimate of drug-likeness (QED) is 0.587. The predicted octanol–water partition coefficient (Wildman–Crippen LogP) is 5.67. The van der Waals surface area contributed by atoms with E-state index in [2.05, 4.69) is 31.9 Å². The van der Waals surface area contributed by atoms with E-state index in [0.717, 1.165) is 31.4 Å². The minimum atomic E-state index is -0.0165. The molecule has 0 saturated carbocycles. The lowest BCUT2D eigenvalue weighted by Gasteiger charge is -2.17. The van der Waals surface area contributed by atoms with Gasteiger partial charge < -0.3 is 9.47 Å². The van der Waals surface area contributed by atoms with Crippen LogP contribution in [-0.2, 0) is 0 Å². The molecule has 0 aliphatic heterocycles. The van der Waals surface area contributed by atoms with Gasteiger partial charge in [-0.3, -0.25) is 0 Å². The first-order valence-electron chi connectivity index (χ1n) is 5.37. The maximum Gasteiger partial charge on any atom is 0.141 e. The zero-order valence-electron chi connectivity index (χ0n) is 10.2. The fourth-order valence-corrected chi connectivity index (χ4v) is 4.65. The summed E-state index contributed by atoms with van der Waals surface area (Å²) in [5.41, 5.74) is 1.000. The summed E-state index contributed by atoms with van der Waals surface area (Å²) in [6.45, 7) is 0. The Balaban J connectivity index is 2.51. The highest BCUT2D eigenvalue weighted by atomic mass is 79.9. The number of benzene rings is 1. The zero-order chi connectivity index (χ0) is 14.0. The van der Waals surface area contributed by atoms with Crippen molar-refractivity contribution in [2.45, 2.75) is 4.83 Å². The standard InChI is InChI=1S/C13H11Br2ClO2S/c1-17-9-4-3-7(12(18-2)11(9)15)10(14)13-8(16)5-6-19-13/h3-6,10H,1-2H3. The first-order chi connectivity index (χ1) is 9.10. The summed E-state index contributed by atoms with van der Waals surface area (Å²) in [7, 11) is 3.26. The summed E-state index contributed by atoms with van der Waals surface area (Å²) in [5, 5.41) is 2.72. The van der Waals surface area contributed by atoms with Gasteiger partial charge >= 0.3 is 0 Å². The highest BCUT2D eigenvalue weighted by Crippen LogP contribution is 2.46. The van der Waals surface area contributed by atoms with Crippen LogP contribution in [0.4, 0.5) is 0 Å². The van der Waals surface area contributed by atoms with E-state index in [-0.39, 0.29) is 4.83 Å². The monoisotopic (exact) mass is 424 g/mol. The fourth-order valence-electron chi connectivity index (χ4n) is 1.75. The maximum absolute atomic E-state index is 6.18. The van der Waals surface area contributed by atoms with E-state index in [1.54, 1.807) is 25.6 Å². The smallest absolute Gasteiger partial charge is 0.141 e. The number of halogens is 3. The van der Waals surface area contributed by atoms with E-state index >= 15 is 0 Å². The Morgan fingerprint density at radius 3 is 2.47 bits per heavy atom. The Bertz CT molecular complexity index is 586. The van der Waals surface area contributed by atoms with Crippen molar-refractivity contribution in [3.8, 4) is 11.5 Å². The molecule has 19 heavy (non-hydrogen) atoms. The van der Waals surface area contributed by atoms with Gasteiger partial charge in [-0.2, -0.15) is 0 Å². The van der Waals surface area contributed by atoms with Gasteiger partial charge in [-0.25, -0.2) is 0 Å². The average molecular weight is 427 g/mol. The first kappa shape index (κ1) is 15.2. The minimum Gasteiger partial charge on any atom is -0.495 e. The van der Waals surface area contributed by atoms with Gasteiger partial charge in [-0.05, 0) is 33.4 Å². The zero-order valence-corrected chi connectivity index (χ0v) is 15.0. The average Bonchev–Trinajstić information content (AvgIpc) is 2.83. The number of ether oxygens (including phenoxy) is 2. The van der Waals surface area contributed by atoms with E-state index in [0.29, 0.717) is 0 Å². The Kier molecular flexibility index (Phi) is 5.17. The van der Waals surface area contributed by atoms with Crippen LogP contribution in [0.2, 0.25) is 5.02 Å². The summed E-state index contributed by atoms with van der Waals surface area (Å²) in [6.07, 6.45) is 0. The Hall–Kier alpha value is -0.230. The third-order valence-corrected chi connectivity index (χ3v) is 6.09. The molecular weight excluding hydrogens is 415 g/mol. The lowest BCUT2D eigenvalue weighted by atomic mass is 10.1. The summed E-state index contributed by atoms with van der Waals surface area (Å²) in [5.74, 6) is 1.48. The number of thiophene rings is 1. The fraction of sp³-hybridized carbons (Fsp3) is 0.231. The summed E-state index contributed by atoms with van der Waals surface area (Å²) >= 11 is 15.0. The molecule has 0 N–H and O–H groups in total. The van der Waals surface area contributed by atoms with E-state index in [4.69, 9.17) is 21.1 Å². The minimum absolute atomic E-state index is 0.0165. The molecule has 1 unspecified atom stereocenters. The van der Waals surface area contributed by atoms with Gasteiger partial charge in [-0.15, -0.1) is 11.3 Å². The van der Waals surface area contributed by atoms with E-state index in [9.17, 15) is 0 Å². The van der Waals surface area contributed by atoms with Crippen LogP contribution in [0.5, 0.6) is 11.5 Å². The van der Waals surface area contributed by atoms with Gasteiger partial charge in [0.15, 0.2) is 0 Å². The maximum atomic E-state index is 6.18. The van der Waals surface area contributed by atoms with Crippen LogP contribution in [-0.4, -0.2) is 14.2 Å². The molecule has 0 radical (unpaired) electrons. The number of hydrogen-bond donors (Lipinski definition) is 0. The molecule has 2 aromatic rings. The van der Waals surface area contributed by atoms with Gasteiger partial charge in [0.1, 0.15) is 16.0 Å². The summed E-state index contributed by atoms with van der Waals surface area (Å²) < 4.78 is 11.6. The molecule has 0 saturated heterocycles. The highest BCUT2D eigenvalue weighted by molar-refractivity contribution is 9.10. The molecule has 0 amide bonds. The molecule has 1 atom stereocenters. The van der Waals surface area contributed by atoms with Gasteiger partial charge in [0.2, 0.25) is 0 Å². The van der Waals surface area contributed by atoms with Crippen LogP contribution in [0.3, 0.4) is 0 Å². The van der Waals surface area contributed by atoms with Crippen LogP contribution in [0.15, 0.2) is 28.1 Å².